The molecule has 1 atom stereocenters. The second kappa shape index (κ2) is 7.10. The molecule has 2 rings (SSSR count). The Labute approximate surface area is 116 Å². The van der Waals surface area contributed by atoms with Crippen LogP contribution in [-0.2, 0) is 0 Å². The molecule has 100 valence electrons. The first kappa shape index (κ1) is 13.8. The third-order valence-corrected chi connectivity index (χ3v) is 3.54. The predicted octanol–water partition coefficient (Wildman–Crippen LogP) is 4.13. The van der Waals surface area contributed by atoms with Gasteiger partial charge in [-0.15, -0.1) is 0 Å². The topological polar surface area (TPSA) is 12.0 Å². The molecule has 2 aromatic carbocycles. The van der Waals surface area contributed by atoms with Crippen LogP contribution in [0.2, 0.25) is 0 Å². The van der Waals surface area contributed by atoms with E-state index in [1.807, 2.05) is 0 Å². The van der Waals surface area contributed by atoms with Gasteiger partial charge in [0.25, 0.3) is 0 Å². The zero-order chi connectivity index (χ0) is 13.5. The fourth-order valence-electron chi connectivity index (χ4n) is 2.49. The fourth-order valence-corrected chi connectivity index (χ4v) is 2.49. The first-order valence-corrected chi connectivity index (χ1v) is 7.14. The normalized spacial score (nSPS) is 12.3. The van der Waals surface area contributed by atoms with Crippen molar-refractivity contribution in [1.29, 1.82) is 0 Å². The molecule has 0 aliphatic carbocycles. The Hall–Kier alpha value is -1.60. The third-order valence-electron chi connectivity index (χ3n) is 3.54. The van der Waals surface area contributed by atoms with Crippen LogP contribution in [0, 0.1) is 6.92 Å². The lowest BCUT2D eigenvalue weighted by molar-refractivity contribution is 0.626. The summed E-state index contributed by atoms with van der Waals surface area (Å²) in [5, 5.41) is 3.56. The summed E-state index contributed by atoms with van der Waals surface area (Å²) in [5.41, 5.74) is 4.19. The monoisotopic (exact) mass is 253 g/mol. The van der Waals surface area contributed by atoms with E-state index in [0.717, 1.165) is 13.1 Å². The van der Waals surface area contributed by atoms with Gasteiger partial charge in [0, 0.05) is 12.5 Å². The average Bonchev–Trinajstić information content (AvgIpc) is 2.46. The molecular weight excluding hydrogens is 230 g/mol. The summed E-state index contributed by atoms with van der Waals surface area (Å²) in [6.07, 6.45) is 1.18. The van der Waals surface area contributed by atoms with Gasteiger partial charge in [-0.3, -0.25) is 0 Å². The second-order valence-corrected chi connectivity index (χ2v) is 5.02. The van der Waals surface area contributed by atoms with Crippen LogP contribution < -0.4 is 5.32 Å². The summed E-state index contributed by atoms with van der Waals surface area (Å²) in [7, 11) is 0. The summed E-state index contributed by atoms with van der Waals surface area (Å²) in [6, 6.07) is 19.5. The first-order valence-electron chi connectivity index (χ1n) is 7.14. The molecule has 0 saturated carbocycles. The molecule has 0 aromatic heterocycles. The molecule has 1 nitrogen and oxygen atoms in total. The van der Waals surface area contributed by atoms with Crippen LogP contribution in [0.1, 0.15) is 36.0 Å². The maximum Gasteiger partial charge on any atom is 0.0217 e. The number of rotatable bonds is 6. The molecule has 0 aliphatic rings. The highest BCUT2D eigenvalue weighted by Gasteiger charge is 2.14. The SMILES string of the molecule is CCCNCC(c1ccccc1)c1ccccc1C. The highest BCUT2D eigenvalue weighted by molar-refractivity contribution is 5.37. The van der Waals surface area contributed by atoms with Gasteiger partial charge in [0.2, 0.25) is 0 Å². The molecule has 19 heavy (non-hydrogen) atoms. The van der Waals surface area contributed by atoms with Gasteiger partial charge >= 0.3 is 0 Å². The molecule has 0 radical (unpaired) electrons. The van der Waals surface area contributed by atoms with Crippen molar-refractivity contribution in [2.45, 2.75) is 26.2 Å². The summed E-state index contributed by atoms with van der Waals surface area (Å²) < 4.78 is 0. The lowest BCUT2D eigenvalue weighted by atomic mass is 9.88. The van der Waals surface area contributed by atoms with Crippen molar-refractivity contribution < 1.29 is 0 Å². The first-order chi connectivity index (χ1) is 9.33. The minimum Gasteiger partial charge on any atom is -0.316 e. The van der Waals surface area contributed by atoms with Crippen LogP contribution in [-0.4, -0.2) is 13.1 Å². The second-order valence-electron chi connectivity index (χ2n) is 5.02. The van der Waals surface area contributed by atoms with Gasteiger partial charge in [0.1, 0.15) is 0 Å². The van der Waals surface area contributed by atoms with Gasteiger partial charge in [-0.05, 0) is 36.6 Å². The van der Waals surface area contributed by atoms with Crippen LogP contribution in [0.5, 0.6) is 0 Å². The van der Waals surface area contributed by atoms with E-state index in [1.165, 1.54) is 23.1 Å². The Morgan fingerprint density at radius 3 is 2.32 bits per heavy atom. The molecule has 2 aromatic rings. The lowest BCUT2D eigenvalue weighted by Gasteiger charge is -2.20. The van der Waals surface area contributed by atoms with Crippen LogP contribution in [0.25, 0.3) is 0 Å². The number of hydrogen-bond acceptors (Lipinski definition) is 1. The highest BCUT2D eigenvalue weighted by Crippen LogP contribution is 2.26. The number of nitrogens with one attached hydrogen (secondary N) is 1. The molecule has 1 heteroatoms. The van der Waals surface area contributed by atoms with Gasteiger partial charge in [0.05, 0.1) is 0 Å². The Morgan fingerprint density at radius 1 is 0.947 bits per heavy atom. The smallest absolute Gasteiger partial charge is 0.0217 e. The van der Waals surface area contributed by atoms with Gasteiger partial charge in [0.15, 0.2) is 0 Å². The highest BCUT2D eigenvalue weighted by atomic mass is 14.9. The molecule has 1 unspecified atom stereocenters. The van der Waals surface area contributed by atoms with Gasteiger partial charge in [-0.2, -0.15) is 0 Å². The standard InChI is InChI=1S/C18H23N/c1-3-13-19-14-18(16-10-5-4-6-11-16)17-12-8-7-9-15(17)2/h4-12,18-19H,3,13-14H2,1-2H3. The van der Waals surface area contributed by atoms with Crippen LogP contribution in [0.3, 0.4) is 0 Å². The molecule has 0 bridgehead atoms. The predicted molar refractivity (Wildman–Crippen MR) is 82.6 cm³/mol. The van der Waals surface area contributed by atoms with E-state index in [9.17, 15) is 0 Å². The van der Waals surface area contributed by atoms with Crippen molar-refractivity contribution in [2.75, 3.05) is 13.1 Å². The van der Waals surface area contributed by atoms with Gasteiger partial charge < -0.3 is 5.32 Å². The van der Waals surface area contributed by atoms with Crippen molar-refractivity contribution in [3.8, 4) is 0 Å². The molecule has 1 N–H and O–H groups in total. The molecule has 0 fully saturated rings. The number of benzene rings is 2. The van der Waals surface area contributed by atoms with Crippen LogP contribution in [0.4, 0.5) is 0 Å². The Bertz CT molecular complexity index is 490. The van der Waals surface area contributed by atoms with E-state index in [1.54, 1.807) is 0 Å². The minimum atomic E-state index is 0.439. The summed E-state index contributed by atoms with van der Waals surface area (Å²) in [5.74, 6) is 0.439. The van der Waals surface area contributed by atoms with Crippen molar-refractivity contribution in [3.05, 3.63) is 71.3 Å². The van der Waals surface area contributed by atoms with E-state index >= 15 is 0 Å². The van der Waals surface area contributed by atoms with Crippen LogP contribution >= 0.6 is 0 Å². The van der Waals surface area contributed by atoms with E-state index in [0.29, 0.717) is 5.92 Å². The van der Waals surface area contributed by atoms with Gasteiger partial charge in [-0.25, -0.2) is 0 Å². The molecule has 0 aliphatic heterocycles. The summed E-state index contributed by atoms with van der Waals surface area (Å²) in [4.78, 5) is 0. The Balaban J connectivity index is 2.27. The maximum absolute atomic E-state index is 3.56. The molecular formula is C18H23N. The molecule has 0 heterocycles. The van der Waals surface area contributed by atoms with Crippen LogP contribution in [0.15, 0.2) is 54.6 Å². The molecule has 0 saturated heterocycles. The quantitative estimate of drug-likeness (QED) is 0.763. The van der Waals surface area contributed by atoms with Crippen molar-refractivity contribution >= 4 is 0 Å². The van der Waals surface area contributed by atoms with Crippen molar-refractivity contribution in [1.82, 2.24) is 5.32 Å². The zero-order valence-electron chi connectivity index (χ0n) is 11.9. The largest absolute Gasteiger partial charge is 0.316 e. The number of aryl methyl sites for hydroxylation is 1. The summed E-state index contributed by atoms with van der Waals surface area (Å²) >= 11 is 0. The molecule has 0 spiro atoms. The summed E-state index contributed by atoms with van der Waals surface area (Å²) in [6.45, 7) is 6.49. The zero-order valence-corrected chi connectivity index (χ0v) is 11.9. The van der Waals surface area contributed by atoms with E-state index in [2.05, 4.69) is 73.8 Å². The van der Waals surface area contributed by atoms with Gasteiger partial charge in [-0.1, -0.05) is 61.5 Å². The number of hydrogen-bond donors (Lipinski definition) is 1. The molecule has 0 amide bonds. The maximum atomic E-state index is 3.56. The Morgan fingerprint density at radius 2 is 1.63 bits per heavy atom. The minimum absolute atomic E-state index is 0.439. The van der Waals surface area contributed by atoms with E-state index in [-0.39, 0.29) is 0 Å². The lowest BCUT2D eigenvalue weighted by Crippen LogP contribution is -2.23. The third kappa shape index (κ3) is 3.68. The van der Waals surface area contributed by atoms with Crippen molar-refractivity contribution in [3.63, 3.8) is 0 Å². The van der Waals surface area contributed by atoms with E-state index in [4.69, 9.17) is 0 Å². The Kier molecular flexibility index (Phi) is 5.17. The fraction of sp³-hybridized carbons (Fsp3) is 0.333. The average molecular weight is 253 g/mol. The van der Waals surface area contributed by atoms with Crippen molar-refractivity contribution in [2.24, 2.45) is 0 Å². The van der Waals surface area contributed by atoms with E-state index < -0.39 is 0 Å².